The zero-order valence-electron chi connectivity index (χ0n) is 14.7. The van der Waals surface area contributed by atoms with Crippen LogP contribution in [0.2, 0.25) is 0 Å². The lowest BCUT2D eigenvalue weighted by Gasteiger charge is -2.17. The average molecular weight is 371 g/mol. The van der Waals surface area contributed by atoms with E-state index in [4.69, 9.17) is 4.42 Å². The maximum absolute atomic E-state index is 12.3. The monoisotopic (exact) mass is 371 g/mol. The van der Waals surface area contributed by atoms with Gasteiger partial charge in [0.25, 0.3) is 0 Å². The Balaban J connectivity index is 1.77. The van der Waals surface area contributed by atoms with Crippen molar-refractivity contribution in [3.63, 3.8) is 0 Å². The molecule has 3 aromatic rings. The Morgan fingerprint density at radius 2 is 1.96 bits per heavy atom. The summed E-state index contributed by atoms with van der Waals surface area (Å²) in [7, 11) is -3.59. The molecule has 0 amide bonds. The number of furan rings is 1. The molecule has 0 saturated carbocycles. The van der Waals surface area contributed by atoms with Crippen molar-refractivity contribution in [1.29, 1.82) is 0 Å². The van der Waals surface area contributed by atoms with Gasteiger partial charge in [0.05, 0.1) is 12.0 Å². The summed E-state index contributed by atoms with van der Waals surface area (Å²) in [5.41, 5.74) is 2.62. The number of hydrogen-bond acceptors (Lipinski definition) is 4. The minimum absolute atomic E-state index is 0.136. The highest BCUT2D eigenvalue weighted by Crippen LogP contribution is 2.20. The summed E-state index contributed by atoms with van der Waals surface area (Å²) in [6.07, 6.45) is 3.13. The molecule has 1 unspecified atom stereocenters. The van der Waals surface area contributed by atoms with Gasteiger partial charge in [-0.2, -0.15) is 5.10 Å². The fraction of sp³-hybridized carbons (Fsp3) is 0.211. The molecule has 136 valence electrons. The minimum Gasteiger partial charge on any atom is -0.467 e. The Bertz CT molecular complexity index is 974. The van der Waals surface area contributed by atoms with Gasteiger partial charge in [-0.15, -0.1) is 0 Å². The van der Waals surface area contributed by atoms with Crippen LogP contribution < -0.4 is 4.72 Å². The van der Waals surface area contributed by atoms with Gasteiger partial charge in [0, 0.05) is 17.6 Å². The van der Waals surface area contributed by atoms with Crippen LogP contribution in [0.3, 0.4) is 0 Å². The van der Waals surface area contributed by atoms with Gasteiger partial charge in [-0.1, -0.05) is 30.3 Å². The van der Waals surface area contributed by atoms with Gasteiger partial charge in [-0.3, -0.25) is 4.68 Å². The summed E-state index contributed by atoms with van der Waals surface area (Å²) in [6, 6.07) is 14.4. The van der Waals surface area contributed by atoms with Crippen molar-refractivity contribution in [2.24, 2.45) is 0 Å². The van der Waals surface area contributed by atoms with Crippen molar-refractivity contribution < 1.29 is 12.8 Å². The highest BCUT2D eigenvalue weighted by molar-refractivity contribution is 7.92. The number of nitrogens with one attached hydrogen (secondary N) is 1. The van der Waals surface area contributed by atoms with Crippen molar-refractivity contribution in [2.75, 3.05) is 6.54 Å². The number of benzene rings is 1. The molecule has 0 radical (unpaired) electrons. The fourth-order valence-corrected chi connectivity index (χ4v) is 3.55. The largest absolute Gasteiger partial charge is 0.467 e. The molecule has 0 bridgehead atoms. The van der Waals surface area contributed by atoms with Crippen molar-refractivity contribution in [3.05, 3.63) is 82.9 Å². The number of aromatic nitrogens is 2. The zero-order valence-corrected chi connectivity index (χ0v) is 15.5. The normalized spacial score (nSPS) is 13.3. The van der Waals surface area contributed by atoms with Crippen molar-refractivity contribution in [3.8, 4) is 0 Å². The molecular weight excluding hydrogens is 350 g/mol. The summed E-state index contributed by atoms with van der Waals surface area (Å²) in [5, 5.41) is 5.63. The van der Waals surface area contributed by atoms with Crippen LogP contribution in [-0.2, 0) is 10.0 Å². The lowest BCUT2D eigenvalue weighted by Crippen LogP contribution is -2.30. The maximum atomic E-state index is 12.3. The van der Waals surface area contributed by atoms with E-state index < -0.39 is 10.0 Å². The number of nitrogens with zero attached hydrogens (tertiary/aromatic N) is 2. The first-order chi connectivity index (χ1) is 12.4. The molecule has 0 spiro atoms. The van der Waals surface area contributed by atoms with E-state index in [1.54, 1.807) is 23.1 Å². The molecule has 3 rings (SSSR count). The van der Waals surface area contributed by atoms with Crippen LogP contribution in [0.5, 0.6) is 0 Å². The Hall–Kier alpha value is -2.64. The first-order valence-electron chi connectivity index (χ1n) is 8.23. The topological polar surface area (TPSA) is 77.1 Å². The molecule has 1 atom stereocenters. The third kappa shape index (κ3) is 4.50. The predicted molar refractivity (Wildman–Crippen MR) is 101 cm³/mol. The van der Waals surface area contributed by atoms with Crippen molar-refractivity contribution in [2.45, 2.75) is 19.9 Å². The van der Waals surface area contributed by atoms with Crippen LogP contribution in [0.1, 0.15) is 28.8 Å². The van der Waals surface area contributed by atoms with Crippen LogP contribution in [0.25, 0.3) is 6.08 Å². The Labute approximate surface area is 153 Å². The van der Waals surface area contributed by atoms with Crippen LogP contribution in [0.4, 0.5) is 0 Å². The third-order valence-corrected chi connectivity index (χ3v) is 4.99. The molecule has 0 aliphatic carbocycles. The molecule has 7 heteroatoms. The van der Waals surface area contributed by atoms with Crippen LogP contribution in [0, 0.1) is 13.8 Å². The van der Waals surface area contributed by atoms with Gasteiger partial charge in [-0.05, 0) is 43.7 Å². The van der Waals surface area contributed by atoms with E-state index in [0.717, 1.165) is 17.0 Å². The molecule has 1 N–H and O–H groups in total. The van der Waals surface area contributed by atoms with E-state index in [2.05, 4.69) is 9.82 Å². The standard InChI is InChI=1S/C19H21N3O3S/c1-15-13-16(2)22(21-15)18(19-9-6-11-25-19)14-20-26(23,24)12-10-17-7-4-3-5-8-17/h3-13,18,20H,14H2,1-2H3/b12-10+. The van der Waals surface area contributed by atoms with Crippen LogP contribution in [-0.4, -0.2) is 24.7 Å². The van der Waals surface area contributed by atoms with Crippen LogP contribution >= 0.6 is 0 Å². The second-order valence-corrected chi connectivity index (χ2v) is 7.66. The van der Waals surface area contributed by atoms with E-state index in [1.165, 1.54) is 5.41 Å². The first-order valence-corrected chi connectivity index (χ1v) is 9.78. The Morgan fingerprint density at radius 3 is 2.58 bits per heavy atom. The van der Waals surface area contributed by atoms with Gasteiger partial charge in [0.1, 0.15) is 11.8 Å². The van der Waals surface area contributed by atoms with Gasteiger partial charge in [0.15, 0.2) is 0 Å². The van der Waals surface area contributed by atoms with E-state index in [9.17, 15) is 8.42 Å². The highest BCUT2D eigenvalue weighted by Gasteiger charge is 2.21. The van der Waals surface area contributed by atoms with E-state index in [-0.39, 0.29) is 12.6 Å². The Morgan fingerprint density at radius 1 is 1.19 bits per heavy atom. The molecule has 2 aromatic heterocycles. The second kappa shape index (κ2) is 7.72. The minimum atomic E-state index is -3.59. The lowest BCUT2D eigenvalue weighted by atomic mass is 10.2. The van der Waals surface area contributed by atoms with Gasteiger partial charge < -0.3 is 4.42 Å². The molecule has 0 fully saturated rings. The maximum Gasteiger partial charge on any atom is 0.233 e. The lowest BCUT2D eigenvalue weighted by molar-refractivity contribution is 0.397. The average Bonchev–Trinajstić information content (AvgIpc) is 3.25. The number of hydrogen-bond donors (Lipinski definition) is 1. The molecule has 0 saturated heterocycles. The molecule has 26 heavy (non-hydrogen) atoms. The SMILES string of the molecule is Cc1cc(C)n(C(CNS(=O)(=O)/C=C/c2ccccc2)c2ccco2)n1. The third-order valence-electron chi connectivity index (χ3n) is 3.93. The summed E-state index contributed by atoms with van der Waals surface area (Å²) >= 11 is 0. The van der Waals surface area contributed by atoms with Gasteiger partial charge in [-0.25, -0.2) is 13.1 Å². The molecule has 0 aliphatic heterocycles. The second-order valence-electron chi connectivity index (χ2n) is 6.01. The van der Waals surface area contributed by atoms with E-state index in [0.29, 0.717) is 5.76 Å². The molecule has 6 nitrogen and oxygen atoms in total. The number of rotatable bonds is 7. The number of aryl methyl sites for hydroxylation is 2. The fourth-order valence-electron chi connectivity index (χ4n) is 2.73. The molecule has 1 aromatic carbocycles. The quantitative estimate of drug-likeness (QED) is 0.691. The van der Waals surface area contributed by atoms with Crippen molar-refractivity contribution >= 4 is 16.1 Å². The molecular formula is C19H21N3O3S. The van der Waals surface area contributed by atoms with Gasteiger partial charge >= 0.3 is 0 Å². The summed E-state index contributed by atoms with van der Waals surface area (Å²) in [5.74, 6) is 0.644. The van der Waals surface area contributed by atoms with Crippen molar-refractivity contribution in [1.82, 2.24) is 14.5 Å². The van der Waals surface area contributed by atoms with Gasteiger partial charge in [0.2, 0.25) is 10.0 Å². The summed E-state index contributed by atoms with van der Waals surface area (Å²) in [6.45, 7) is 3.96. The smallest absolute Gasteiger partial charge is 0.233 e. The first kappa shape index (κ1) is 18.2. The van der Waals surface area contributed by atoms with E-state index >= 15 is 0 Å². The molecule has 0 aliphatic rings. The predicted octanol–water partition coefficient (Wildman–Crippen LogP) is 3.27. The summed E-state index contributed by atoms with van der Waals surface area (Å²) < 4.78 is 34.6. The summed E-state index contributed by atoms with van der Waals surface area (Å²) in [4.78, 5) is 0. The van der Waals surface area contributed by atoms with Crippen LogP contribution in [0.15, 0.2) is 64.6 Å². The Kier molecular flexibility index (Phi) is 5.39. The highest BCUT2D eigenvalue weighted by atomic mass is 32.2. The molecule has 2 heterocycles. The zero-order chi connectivity index (χ0) is 18.6. The van der Waals surface area contributed by atoms with E-state index in [1.807, 2.05) is 56.3 Å². The number of sulfonamides is 1.